The molecule has 1 aromatic carbocycles. The van der Waals surface area contributed by atoms with Crippen LogP contribution < -0.4 is 9.47 Å². The summed E-state index contributed by atoms with van der Waals surface area (Å²) in [4.78, 5) is 41.4. The van der Waals surface area contributed by atoms with Gasteiger partial charge in [0.1, 0.15) is 28.4 Å². The van der Waals surface area contributed by atoms with E-state index in [2.05, 4.69) is 20.8 Å². The third-order valence-corrected chi connectivity index (χ3v) is 12.3. The molecule has 258 valence electrons. The number of methoxy groups -OCH3 is 1. The number of rotatable bonds is 6. The first-order valence-corrected chi connectivity index (χ1v) is 17.6. The third-order valence-electron chi connectivity index (χ3n) is 12.1. The van der Waals surface area contributed by atoms with E-state index >= 15 is 4.79 Å². The third kappa shape index (κ3) is 4.40. The van der Waals surface area contributed by atoms with Crippen molar-refractivity contribution >= 4 is 29.1 Å². The Morgan fingerprint density at radius 3 is 2.50 bits per heavy atom. The van der Waals surface area contributed by atoms with E-state index in [1.807, 2.05) is 27.7 Å². The fourth-order valence-corrected chi connectivity index (χ4v) is 9.89. The number of Topliss-reactive ketones (excluding diaryl/α,β-unsaturated/α-hetero) is 2. The second-order valence-corrected chi connectivity index (χ2v) is 17.5. The summed E-state index contributed by atoms with van der Waals surface area (Å²) in [5, 5.41) is 12.3. The maximum absolute atomic E-state index is 15.1. The topological polar surface area (TPSA) is 108 Å². The van der Waals surface area contributed by atoms with Crippen LogP contribution in [0.2, 0.25) is 0 Å². The molecule has 6 atom stereocenters. The molecule has 7 aliphatic rings. The van der Waals surface area contributed by atoms with Crippen molar-refractivity contribution in [2.75, 3.05) is 7.11 Å². The molecule has 1 saturated heterocycles. The fourth-order valence-electron chi connectivity index (χ4n) is 9.79. The Labute approximate surface area is 287 Å². The minimum Gasteiger partial charge on any atom is -0.507 e. The van der Waals surface area contributed by atoms with Crippen LogP contribution in [0.1, 0.15) is 121 Å². The first-order valence-electron chi connectivity index (χ1n) is 17.2. The summed E-state index contributed by atoms with van der Waals surface area (Å²) in [7, 11) is 1.31. The highest BCUT2D eigenvalue weighted by atomic mass is 35.5. The highest BCUT2D eigenvalue weighted by Gasteiger charge is 2.81. The van der Waals surface area contributed by atoms with Gasteiger partial charge >= 0.3 is 5.97 Å². The van der Waals surface area contributed by atoms with Gasteiger partial charge in [0, 0.05) is 51.3 Å². The monoisotopic (exact) mass is 678 g/mol. The fraction of sp³-hybridized carbons (Fsp3) is 0.615. The van der Waals surface area contributed by atoms with Gasteiger partial charge in [-0.2, -0.15) is 0 Å². The molecule has 6 bridgehead atoms. The molecule has 8 rings (SSSR count). The van der Waals surface area contributed by atoms with E-state index in [0.717, 1.165) is 12.8 Å². The van der Waals surface area contributed by atoms with Gasteiger partial charge in [-0.25, -0.2) is 4.79 Å². The lowest BCUT2D eigenvalue weighted by Crippen LogP contribution is -2.72. The number of hydrogen-bond donors (Lipinski definition) is 1. The summed E-state index contributed by atoms with van der Waals surface area (Å²) in [6.07, 6.45) is 7.23. The predicted molar refractivity (Wildman–Crippen MR) is 181 cm³/mol. The summed E-state index contributed by atoms with van der Waals surface area (Å²) >= 11 is 6.79. The average molecular weight is 679 g/mol. The number of phenolic OH excluding ortho intramolecular Hbond substituents is 1. The number of allylic oxidation sites excluding steroid dienone is 3. The number of carbonyl (C=O) groups is 3. The summed E-state index contributed by atoms with van der Waals surface area (Å²) in [5.41, 5.74) is 0.213. The maximum atomic E-state index is 15.1. The number of phenols is 1. The number of ketones is 2. The van der Waals surface area contributed by atoms with Crippen molar-refractivity contribution in [2.45, 2.75) is 134 Å². The Bertz CT molecular complexity index is 1770. The first kappa shape index (κ1) is 33.4. The maximum Gasteiger partial charge on any atom is 0.333 e. The zero-order valence-electron chi connectivity index (χ0n) is 29.5. The van der Waals surface area contributed by atoms with Crippen LogP contribution in [0.4, 0.5) is 0 Å². The zero-order chi connectivity index (χ0) is 34.9. The molecule has 9 heteroatoms. The summed E-state index contributed by atoms with van der Waals surface area (Å²) in [6.45, 7) is 15.7. The van der Waals surface area contributed by atoms with Crippen molar-refractivity contribution in [3.05, 3.63) is 51.1 Å². The molecule has 0 amide bonds. The number of benzene rings is 1. The molecule has 1 N–H and O–H groups in total. The van der Waals surface area contributed by atoms with Gasteiger partial charge in [-0.1, -0.05) is 23.3 Å². The van der Waals surface area contributed by atoms with Crippen molar-refractivity contribution in [3.63, 3.8) is 0 Å². The number of esters is 1. The largest absolute Gasteiger partial charge is 0.507 e. The van der Waals surface area contributed by atoms with Crippen LogP contribution in [-0.4, -0.2) is 57.0 Å². The highest BCUT2D eigenvalue weighted by Crippen LogP contribution is 2.69. The van der Waals surface area contributed by atoms with Crippen LogP contribution in [0.5, 0.6) is 17.2 Å². The van der Waals surface area contributed by atoms with Crippen LogP contribution in [0, 0.1) is 11.8 Å². The molecule has 3 aliphatic heterocycles. The molecule has 1 spiro atoms. The van der Waals surface area contributed by atoms with Crippen LogP contribution in [-0.2, 0) is 25.5 Å². The van der Waals surface area contributed by atoms with Gasteiger partial charge in [-0.15, -0.1) is 11.6 Å². The van der Waals surface area contributed by atoms with E-state index in [1.54, 1.807) is 19.1 Å². The highest BCUT2D eigenvalue weighted by molar-refractivity contribution is 6.23. The number of aromatic hydroxyl groups is 1. The molecule has 0 aromatic heterocycles. The number of hydrogen-bond acceptors (Lipinski definition) is 8. The van der Waals surface area contributed by atoms with Crippen LogP contribution in [0.3, 0.4) is 0 Å². The smallest absolute Gasteiger partial charge is 0.333 e. The van der Waals surface area contributed by atoms with Gasteiger partial charge in [0.2, 0.25) is 0 Å². The van der Waals surface area contributed by atoms with E-state index in [-0.39, 0.29) is 46.9 Å². The van der Waals surface area contributed by atoms with E-state index in [1.165, 1.54) is 18.3 Å². The molecule has 0 unspecified atom stereocenters. The number of fused-ring (bicyclic) bond motifs is 5. The number of halogens is 1. The van der Waals surface area contributed by atoms with Gasteiger partial charge < -0.3 is 24.1 Å². The summed E-state index contributed by atoms with van der Waals surface area (Å²) in [5.74, 6) is -1.38. The summed E-state index contributed by atoms with van der Waals surface area (Å²) in [6, 6.07) is 0. The van der Waals surface area contributed by atoms with Gasteiger partial charge in [-0.05, 0) is 93.9 Å². The van der Waals surface area contributed by atoms with Gasteiger partial charge in [0.05, 0.1) is 12.7 Å². The standard InChI is InChI=1S/C39H47ClO8/c1-19(2)22-12-14-37(8)18-24(22)27-30(42)28-29(41)25-16-21-17-26-36(6,7)48-38(33(21)43,15-10-20(3)34(44)45-9)39(25,26)47-32(28)23(31(27)46-37)11-13-35(4,5)40/h10,16,21,24,26,42H,11-15,17-18H2,1-9H3/b20-10-/t21-,24+,26+,37-,38+,39-/m1/s1. The molecular formula is C39H47ClO8. The van der Waals surface area contributed by atoms with Crippen molar-refractivity contribution in [2.24, 2.45) is 11.8 Å². The lowest BCUT2D eigenvalue weighted by molar-refractivity contribution is -0.171. The molecule has 1 aromatic rings. The Balaban J connectivity index is 1.51. The molecule has 2 saturated carbocycles. The Hall–Kier alpha value is -3.10. The van der Waals surface area contributed by atoms with E-state index in [9.17, 15) is 14.7 Å². The lowest BCUT2D eigenvalue weighted by Gasteiger charge is -2.56. The van der Waals surface area contributed by atoms with E-state index < -0.39 is 39.2 Å². The molecule has 0 radical (unpaired) electrons. The normalized spacial score (nSPS) is 34.0. The zero-order valence-corrected chi connectivity index (χ0v) is 30.3. The van der Waals surface area contributed by atoms with Crippen LogP contribution >= 0.6 is 11.6 Å². The van der Waals surface area contributed by atoms with E-state index in [0.29, 0.717) is 53.7 Å². The average Bonchev–Trinajstić information content (AvgIpc) is 3.15. The quantitative estimate of drug-likeness (QED) is 0.142. The van der Waals surface area contributed by atoms with Gasteiger partial charge in [0.15, 0.2) is 22.8 Å². The van der Waals surface area contributed by atoms with E-state index in [4.69, 9.17) is 30.5 Å². The molecule has 48 heavy (non-hydrogen) atoms. The Kier molecular flexibility index (Phi) is 7.28. The van der Waals surface area contributed by atoms with Crippen LogP contribution in [0.15, 0.2) is 34.4 Å². The molecule has 4 aliphatic carbocycles. The Morgan fingerprint density at radius 2 is 1.85 bits per heavy atom. The van der Waals surface area contributed by atoms with Gasteiger partial charge in [0.25, 0.3) is 0 Å². The first-order chi connectivity index (χ1) is 22.3. The molecule has 3 heterocycles. The minimum absolute atomic E-state index is 0.0185. The van der Waals surface area contributed by atoms with Crippen molar-refractivity contribution in [1.29, 1.82) is 0 Å². The second-order valence-electron chi connectivity index (χ2n) is 16.4. The SMILES string of the molecule is COC(=O)/C(C)=C\C[C@@]12OC(C)(C)[C@@H]3C[C@@H](C=C4C(=O)c5c(O)c6c(c(CCC(C)(C)Cl)c5O[C@]431)O[C@]1(C)CCC(=C(C)C)[C@@H]6C1)C2=O. The predicted octanol–water partition coefficient (Wildman–Crippen LogP) is 7.61. The van der Waals surface area contributed by atoms with Crippen molar-refractivity contribution in [3.8, 4) is 17.2 Å². The van der Waals surface area contributed by atoms with Crippen LogP contribution in [0.25, 0.3) is 0 Å². The summed E-state index contributed by atoms with van der Waals surface area (Å²) < 4.78 is 25.9. The second kappa shape index (κ2) is 10.5. The molecule has 3 fully saturated rings. The van der Waals surface area contributed by atoms with Crippen molar-refractivity contribution < 1.29 is 38.4 Å². The number of carbonyl (C=O) groups excluding carboxylic acids is 3. The van der Waals surface area contributed by atoms with Gasteiger partial charge in [-0.3, -0.25) is 9.59 Å². The lowest BCUT2D eigenvalue weighted by atomic mass is 9.51. The molecule has 8 nitrogen and oxygen atoms in total. The Morgan fingerprint density at radius 1 is 1.15 bits per heavy atom. The number of alkyl halides is 1. The number of ether oxygens (including phenoxy) is 4. The molecular weight excluding hydrogens is 632 g/mol. The minimum atomic E-state index is -1.58. The van der Waals surface area contributed by atoms with Crippen molar-refractivity contribution in [1.82, 2.24) is 0 Å².